The molecule has 0 unspecified atom stereocenters. The summed E-state index contributed by atoms with van der Waals surface area (Å²) in [6, 6.07) is 27.2. The zero-order valence-electron chi connectivity index (χ0n) is 20.7. The monoisotopic (exact) mass is 511 g/mol. The average Bonchev–Trinajstić information content (AvgIpc) is 3.52. The van der Waals surface area contributed by atoms with E-state index in [0.29, 0.717) is 31.1 Å². The van der Waals surface area contributed by atoms with Gasteiger partial charge in [0.05, 0.1) is 16.6 Å². The van der Waals surface area contributed by atoms with Crippen LogP contribution in [0.2, 0.25) is 0 Å². The van der Waals surface area contributed by atoms with E-state index in [-0.39, 0.29) is 24.4 Å². The van der Waals surface area contributed by atoms with Crippen molar-refractivity contribution in [2.45, 2.75) is 13.0 Å². The van der Waals surface area contributed by atoms with Crippen LogP contribution in [0.15, 0.2) is 90.3 Å². The summed E-state index contributed by atoms with van der Waals surface area (Å²) >= 11 is 1.40. The van der Waals surface area contributed by atoms with E-state index in [1.165, 1.54) is 11.3 Å². The van der Waals surface area contributed by atoms with Crippen LogP contribution in [0.1, 0.15) is 28.2 Å². The van der Waals surface area contributed by atoms with Crippen molar-refractivity contribution in [3.63, 3.8) is 0 Å². The van der Waals surface area contributed by atoms with Gasteiger partial charge in [-0.15, -0.1) is 21.5 Å². The summed E-state index contributed by atoms with van der Waals surface area (Å²) in [5.74, 6) is 0.643. The van der Waals surface area contributed by atoms with Gasteiger partial charge in [0.15, 0.2) is 5.82 Å². The van der Waals surface area contributed by atoms with Crippen LogP contribution in [0.4, 0.5) is 5.82 Å². The highest BCUT2D eigenvalue weighted by molar-refractivity contribution is 7.12. The summed E-state index contributed by atoms with van der Waals surface area (Å²) in [5, 5.41) is 10.7. The molecule has 0 N–H and O–H groups in total. The van der Waals surface area contributed by atoms with Gasteiger partial charge in [0.1, 0.15) is 6.54 Å². The van der Waals surface area contributed by atoms with Crippen LogP contribution in [0, 0.1) is 0 Å². The van der Waals surface area contributed by atoms with Crippen LogP contribution >= 0.6 is 11.3 Å². The fourth-order valence-corrected chi connectivity index (χ4v) is 5.20. The highest BCUT2D eigenvalue weighted by atomic mass is 32.1. The smallest absolute Gasteiger partial charge is 0.264 e. The van der Waals surface area contributed by atoms with E-state index in [0.717, 1.165) is 22.6 Å². The SMILES string of the molecule is C[C@H](c1ccccc1)N(CC(=O)N1CCN(c2ccc(-c3ccccc3)nn2)CC1)C(=O)c1cccs1. The van der Waals surface area contributed by atoms with E-state index in [1.54, 1.807) is 4.90 Å². The summed E-state index contributed by atoms with van der Waals surface area (Å²) < 4.78 is 0. The third-order valence-electron chi connectivity index (χ3n) is 6.72. The zero-order chi connectivity index (χ0) is 25.6. The van der Waals surface area contributed by atoms with Crippen LogP contribution in [-0.4, -0.2) is 64.5 Å². The van der Waals surface area contributed by atoms with E-state index < -0.39 is 0 Å². The first-order valence-corrected chi connectivity index (χ1v) is 13.3. The lowest BCUT2D eigenvalue weighted by Crippen LogP contribution is -2.52. The zero-order valence-corrected chi connectivity index (χ0v) is 21.6. The number of carbonyl (C=O) groups excluding carboxylic acids is 2. The maximum Gasteiger partial charge on any atom is 0.264 e. The topological polar surface area (TPSA) is 69.6 Å². The van der Waals surface area contributed by atoms with Crippen LogP contribution in [0.3, 0.4) is 0 Å². The molecule has 0 saturated carbocycles. The number of anilines is 1. The molecule has 0 bridgehead atoms. The van der Waals surface area contributed by atoms with Gasteiger partial charge in [-0.2, -0.15) is 0 Å². The van der Waals surface area contributed by atoms with E-state index in [9.17, 15) is 9.59 Å². The van der Waals surface area contributed by atoms with Gasteiger partial charge in [-0.3, -0.25) is 9.59 Å². The second-order valence-electron chi connectivity index (χ2n) is 9.01. The van der Waals surface area contributed by atoms with Crippen molar-refractivity contribution in [1.29, 1.82) is 0 Å². The van der Waals surface area contributed by atoms with Gasteiger partial charge >= 0.3 is 0 Å². The molecule has 2 aromatic carbocycles. The molecule has 0 radical (unpaired) electrons. The number of amides is 2. The summed E-state index contributed by atoms with van der Waals surface area (Å²) in [6.45, 7) is 4.49. The fraction of sp³-hybridized carbons (Fsp3) is 0.241. The Kier molecular flexibility index (Phi) is 7.56. The highest BCUT2D eigenvalue weighted by Crippen LogP contribution is 2.25. The Hall–Kier alpha value is -4.04. The van der Waals surface area contributed by atoms with Crippen LogP contribution in [0.5, 0.6) is 0 Å². The molecule has 7 nitrogen and oxygen atoms in total. The molecule has 37 heavy (non-hydrogen) atoms. The second kappa shape index (κ2) is 11.3. The lowest BCUT2D eigenvalue weighted by molar-refractivity contribution is -0.132. The molecule has 1 fully saturated rings. The molecular formula is C29H29N5O2S. The lowest BCUT2D eigenvalue weighted by atomic mass is 10.1. The van der Waals surface area contributed by atoms with Gasteiger partial charge in [-0.1, -0.05) is 66.7 Å². The normalized spacial score (nSPS) is 14.3. The number of hydrogen-bond acceptors (Lipinski definition) is 6. The van der Waals surface area contributed by atoms with Crippen molar-refractivity contribution in [3.05, 3.63) is 101 Å². The Morgan fingerprint density at radius 1 is 0.865 bits per heavy atom. The minimum absolute atomic E-state index is 0.0401. The number of nitrogens with zero attached hydrogens (tertiary/aromatic N) is 5. The molecule has 8 heteroatoms. The van der Waals surface area contributed by atoms with Crippen molar-refractivity contribution < 1.29 is 9.59 Å². The van der Waals surface area contributed by atoms with Crippen molar-refractivity contribution >= 4 is 29.0 Å². The Morgan fingerprint density at radius 3 is 2.19 bits per heavy atom. The number of thiophene rings is 1. The summed E-state index contributed by atoms with van der Waals surface area (Å²) in [6.07, 6.45) is 0. The first-order valence-electron chi connectivity index (χ1n) is 12.4. The Bertz CT molecular complexity index is 1310. The number of benzene rings is 2. The van der Waals surface area contributed by atoms with Gasteiger partial charge in [0.25, 0.3) is 5.91 Å². The molecule has 4 aromatic rings. The number of rotatable bonds is 7. The molecular weight excluding hydrogens is 482 g/mol. The third-order valence-corrected chi connectivity index (χ3v) is 7.58. The van der Waals surface area contributed by atoms with Crippen molar-refractivity contribution in [1.82, 2.24) is 20.0 Å². The highest BCUT2D eigenvalue weighted by Gasteiger charge is 2.29. The molecule has 2 aromatic heterocycles. The molecule has 0 aliphatic carbocycles. The first-order chi connectivity index (χ1) is 18.1. The van der Waals surface area contributed by atoms with Gasteiger partial charge in [0, 0.05) is 31.7 Å². The summed E-state index contributed by atoms with van der Waals surface area (Å²) in [5.41, 5.74) is 2.87. The number of aromatic nitrogens is 2. The van der Waals surface area contributed by atoms with E-state index in [4.69, 9.17) is 0 Å². The average molecular weight is 512 g/mol. The van der Waals surface area contributed by atoms with Crippen molar-refractivity contribution in [2.75, 3.05) is 37.6 Å². The Labute approximate surface area is 221 Å². The second-order valence-corrected chi connectivity index (χ2v) is 9.96. The molecule has 2 amide bonds. The van der Waals surface area contributed by atoms with E-state index in [1.807, 2.05) is 102 Å². The van der Waals surface area contributed by atoms with Crippen LogP contribution < -0.4 is 4.90 Å². The van der Waals surface area contributed by atoms with Crippen molar-refractivity contribution in [2.24, 2.45) is 0 Å². The third kappa shape index (κ3) is 5.70. The number of piperazine rings is 1. The first kappa shape index (κ1) is 24.6. The van der Waals surface area contributed by atoms with Gasteiger partial charge in [-0.05, 0) is 36.1 Å². The largest absolute Gasteiger partial charge is 0.352 e. The minimum atomic E-state index is -0.223. The molecule has 0 spiro atoms. The number of carbonyl (C=O) groups is 2. The molecule has 1 saturated heterocycles. The minimum Gasteiger partial charge on any atom is -0.352 e. The Balaban J connectivity index is 1.23. The fourth-order valence-electron chi connectivity index (χ4n) is 4.53. The van der Waals surface area contributed by atoms with Gasteiger partial charge < -0.3 is 14.7 Å². The molecule has 5 rings (SSSR count). The van der Waals surface area contributed by atoms with E-state index in [2.05, 4.69) is 15.1 Å². The van der Waals surface area contributed by atoms with Gasteiger partial charge in [-0.25, -0.2) is 0 Å². The molecule has 1 aliphatic rings. The predicted molar refractivity (Wildman–Crippen MR) is 146 cm³/mol. The Morgan fingerprint density at radius 2 is 1.57 bits per heavy atom. The lowest BCUT2D eigenvalue weighted by Gasteiger charge is -2.37. The molecule has 1 atom stereocenters. The summed E-state index contributed by atoms with van der Waals surface area (Å²) in [7, 11) is 0. The van der Waals surface area contributed by atoms with Crippen LogP contribution in [0.25, 0.3) is 11.3 Å². The number of hydrogen-bond donors (Lipinski definition) is 0. The maximum atomic E-state index is 13.4. The predicted octanol–water partition coefficient (Wildman–Crippen LogP) is 4.76. The standard InChI is InChI=1S/C29H29N5O2S/c1-22(23-9-4-2-5-10-23)34(29(36)26-13-8-20-37-26)21-28(35)33-18-16-32(17-19-33)27-15-14-25(30-31-27)24-11-6-3-7-12-24/h2-15,20,22H,16-19,21H2,1H3/t22-/m1/s1. The van der Waals surface area contributed by atoms with Crippen LogP contribution in [-0.2, 0) is 4.79 Å². The summed E-state index contributed by atoms with van der Waals surface area (Å²) in [4.78, 5) is 33.0. The maximum absolute atomic E-state index is 13.4. The molecule has 1 aliphatic heterocycles. The van der Waals surface area contributed by atoms with Crippen molar-refractivity contribution in [3.8, 4) is 11.3 Å². The molecule has 3 heterocycles. The van der Waals surface area contributed by atoms with Gasteiger partial charge in [0.2, 0.25) is 5.91 Å². The molecule has 188 valence electrons. The van der Waals surface area contributed by atoms with E-state index >= 15 is 0 Å². The quantitative estimate of drug-likeness (QED) is 0.358.